The first-order valence-electron chi connectivity index (χ1n) is 4.30. The Morgan fingerprint density at radius 2 is 2.33 bits per heavy atom. The second-order valence-electron chi connectivity index (χ2n) is 3.03. The van der Waals surface area contributed by atoms with Gasteiger partial charge in [0.05, 0.1) is 20.9 Å². The predicted octanol–water partition coefficient (Wildman–Crippen LogP) is 3.02. The lowest BCUT2D eigenvalue weighted by Gasteiger charge is -2.01. The highest BCUT2D eigenvalue weighted by atomic mass is 79.9. The summed E-state index contributed by atoms with van der Waals surface area (Å²) >= 11 is 11.1. The summed E-state index contributed by atoms with van der Waals surface area (Å²) in [5.74, 6) is 0.791. The standard InChI is InChI=1S/C9H9BrClN3S/c1-14-7(4-12)13-9(11)8(14)5-2-3-6(10)15-5/h2-3H,4,12H2,1H3. The van der Waals surface area contributed by atoms with Crippen molar-refractivity contribution >= 4 is 38.9 Å². The van der Waals surface area contributed by atoms with Crippen LogP contribution in [0.15, 0.2) is 15.9 Å². The molecule has 0 atom stereocenters. The van der Waals surface area contributed by atoms with Crippen LogP contribution in [0.2, 0.25) is 5.15 Å². The maximum atomic E-state index is 6.08. The SMILES string of the molecule is Cn1c(CN)nc(Cl)c1-c1ccc(Br)s1. The van der Waals surface area contributed by atoms with E-state index in [2.05, 4.69) is 20.9 Å². The quantitative estimate of drug-likeness (QED) is 0.927. The van der Waals surface area contributed by atoms with Crippen LogP contribution in [0, 0.1) is 0 Å². The summed E-state index contributed by atoms with van der Waals surface area (Å²) in [5.41, 5.74) is 6.49. The zero-order valence-electron chi connectivity index (χ0n) is 8.00. The highest BCUT2D eigenvalue weighted by molar-refractivity contribution is 9.11. The molecule has 2 aromatic heterocycles. The van der Waals surface area contributed by atoms with Gasteiger partial charge in [-0.2, -0.15) is 0 Å². The van der Waals surface area contributed by atoms with E-state index >= 15 is 0 Å². The van der Waals surface area contributed by atoms with E-state index in [1.54, 1.807) is 11.3 Å². The molecule has 6 heteroatoms. The molecule has 0 fully saturated rings. The molecular formula is C9H9BrClN3S. The van der Waals surface area contributed by atoms with Gasteiger partial charge in [0.15, 0.2) is 5.15 Å². The van der Waals surface area contributed by atoms with Crippen LogP contribution < -0.4 is 5.73 Å². The van der Waals surface area contributed by atoms with E-state index in [-0.39, 0.29) is 0 Å². The Bertz CT molecular complexity index is 492. The molecule has 15 heavy (non-hydrogen) atoms. The largest absolute Gasteiger partial charge is 0.328 e. The molecule has 0 unspecified atom stereocenters. The molecule has 0 aliphatic heterocycles. The zero-order chi connectivity index (χ0) is 11.0. The molecule has 0 spiro atoms. The van der Waals surface area contributed by atoms with E-state index in [0.29, 0.717) is 11.7 Å². The van der Waals surface area contributed by atoms with Crippen molar-refractivity contribution in [1.29, 1.82) is 0 Å². The van der Waals surface area contributed by atoms with Crippen LogP contribution in [0.25, 0.3) is 10.6 Å². The Hall–Kier alpha value is -0.360. The van der Waals surface area contributed by atoms with E-state index < -0.39 is 0 Å². The fourth-order valence-corrected chi connectivity index (χ4v) is 3.25. The van der Waals surface area contributed by atoms with Crippen molar-refractivity contribution in [2.45, 2.75) is 6.54 Å². The van der Waals surface area contributed by atoms with Gasteiger partial charge in [-0.05, 0) is 28.1 Å². The van der Waals surface area contributed by atoms with Crippen LogP contribution in [0.5, 0.6) is 0 Å². The molecule has 2 aromatic rings. The highest BCUT2D eigenvalue weighted by Gasteiger charge is 2.15. The summed E-state index contributed by atoms with van der Waals surface area (Å²) in [6, 6.07) is 4.00. The summed E-state index contributed by atoms with van der Waals surface area (Å²) in [6.45, 7) is 0.392. The molecule has 0 aliphatic rings. The van der Waals surface area contributed by atoms with Gasteiger partial charge in [-0.3, -0.25) is 0 Å². The lowest BCUT2D eigenvalue weighted by molar-refractivity contribution is 0.800. The minimum Gasteiger partial charge on any atom is -0.328 e. The van der Waals surface area contributed by atoms with Gasteiger partial charge in [-0.25, -0.2) is 4.98 Å². The van der Waals surface area contributed by atoms with Gasteiger partial charge < -0.3 is 10.3 Å². The molecule has 2 N–H and O–H groups in total. The van der Waals surface area contributed by atoms with E-state index in [4.69, 9.17) is 17.3 Å². The third-order valence-corrected chi connectivity index (χ3v) is 4.03. The summed E-state index contributed by atoms with van der Waals surface area (Å²) in [5, 5.41) is 0.507. The number of hydrogen-bond donors (Lipinski definition) is 1. The van der Waals surface area contributed by atoms with Crippen molar-refractivity contribution in [2.24, 2.45) is 12.8 Å². The average molecular weight is 307 g/mol. The first-order chi connectivity index (χ1) is 7.13. The van der Waals surface area contributed by atoms with Gasteiger partial charge in [0.25, 0.3) is 0 Å². The molecule has 0 aliphatic carbocycles. The number of nitrogens with two attached hydrogens (primary N) is 1. The molecule has 0 bridgehead atoms. The Balaban J connectivity index is 2.57. The molecule has 0 radical (unpaired) electrons. The summed E-state index contributed by atoms with van der Waals surface area (Å²) in [6.07, 6.45) is 0. The van der Waals surface area contributed by atoms with Crippen molar-refractivity contribution in [2.75, 3.05) is 0 Å². The van der Waals surface area contributed by atoms with Gasteiger partial charge in [0, 0.05) is 7.05 Å². The number of aromatic nitrogens is 2. The third kappa shape index (κ3) is 1.97. The normalized spacial score (nSPS) is 10.9. The Labute approximate surface area is 105 Å². The monoisotopic (exact) mass is 305 g/mol. The predicted molar refractivity (Wildman–Crippen MR) is 67.1 cm³/mol. The molecule has 2 rings (SSSR count). The topological polar surface area (TPSA) is 43.8 Å². The summed E-state index contributed by atoms with van der Waals surface area (Å²) in [4.78, 5) is 5.29. The van der Waals surface area contributed by atoms with Crippen molar-refractivity contribution < 1.29 is 0 Å². The van der Waals surface area contributed by atoms with Gasteiger partial charge >= 0.3 is 0 Å². The summed E-state index contributed by atoms with van der Waals surface area (Å²) < 4.78 is 3.00. The van der Waals surface area contributed by atoms with E-state index in [9.17, 15) is 0 Å². The number of thiophene rings is 1. The molecule has 2 heterocycles. The molecule has 0 saturated heterocycles. The van der Waals surface area contributed by atoms with Crippen molar-refractivity contribution in [3.63, 3.8) is 0 Å². The fourth-order valence-electron chi connectivity index (χ4n) is 1.40. The maximum Gasteiger partial charge on any atom is 0.156 e. The molecule has 0 amide bonds. The average Bonchev–Trinajstić information content (AvgIpc) is 2.71. The van der Waals surface area contributed by atoms with Crippen LogP contribution in [0.4, 0.5) is 0 Å². The van der Waals surface area contributed by atoms with Gasteiger partial charge in [-0.15, -0.1) is 11.3 Å². The second kappa shape index (κ2) is 4.25. The van der Waals surface area contributed by atoms with Crippen molar-refractivity contribution in [3.05, 3.63) is 26.9 Å². The number of imidazole rings is 1. The van der Waals surface area contributed by atoms with Crippen LogP contribution in [-0.2, 0) is 13.6 Å². The Morgan fingerprint density at radius 3 is 2.80 bits per heavy atom. The molecule has 0 aromatic carbocycles. The summed E-state index contributed by atoms with van der Waals surface area (Å²) in [7, 11) is 1.92. The molecular weight excluding hydrogens is 298 g/mol. The van der Waals surface area contributed by atoms with Crippen LogP contribution in [-0.4, -0.2) is 9.55 Å². The Kier molecular flexibility index (Phi) is 3.16. The number of hydrogen-bond acceptors (Lipinski definition) is 3. The van der Waals surface area contributed by atoms with Crippen molar-refractivity contribution in [3.8, 4) is 10.6 Å². The van der Waals surface area contributed by atoms with E-state index in [1.807, 2.05) is 23.7 Å². The van der Waals surface area contributed by atoms with Crippen LogP contribution in [0.3, 0.4) is 0 Å². The number of nitrogens with zero attached hydrogens (tertiary/aromatic N) is 2. The number of halogens is 2. The van der Waals surface area contributed by atoms with Crippen LogP contribution >= 0.6 is 38.9 Å². The highest BCUT2D eigenvalue weighted by Crippen LogP contribution is 2.35. The molecule has 3 nitrogen and oxygen atoms in total. The lowest BCUT2D eigenvalue weighted by atomic mass is 10.4. The van der Waals surface area contributed by atoms with Crippen LogP contribution in [0.1, 0.15) is 5.82 Å². The number of rotatable bonds is 2. The smallest absolute Gasteiger partial charge is 0.156 e. The fraction of sp³-hybridized carbons (Fsp3) is 0.222. The maximum absolute atomic E-state index is 6.08. The van der Waals surface area contributed by atoms with E-state index in [0.717, 1.165) is 20.2 Å². The Morgan fingerprint density at radius 1 is 1.60 bits per heavy atom. The van der Waals surface area contributed by atoms with Gasteiger partial charge in [-0.1, -0.05) is 11.6 Å². The second-order valence-corrected chi connectivity index (χ2v) is 5.86. The lowest BCUT2D eigenvalue weighted by Crippen LogP contribution is -2.05. The first kappa shape index (κ1) is 11.1. The first-order valence-corrected chi connectivity index (χ1v) is 6.29. The van der Waals surface area contributed by atoms with Gasteiger partial charge in [0.1, 0.15) is 5.82 Å². The van der Waals surface area contributed by atoms with Crippen molar-refractivity contribution in [1.82, 2.24) is 9.55 Å². The van der Waals surface area contributed by atoms with E-state index in [1.165, 1.54) is 0 Å². The minimum absolute atomic E-state index is 0.392. The molecule has 80 valence electrons. The van der Waals surface area contributed by atoms with Gasteiger partial charge in [0.2, 0.25) is 0 Å². The zero-order valence-corrected chi connectivity index (χ0v) is 11.2. The third-order valence-electron chi connectivity index (χ3n) is 2.13. The minimum atomic E-state index is 0.392. The molecule has 0 saturated carbocycles.